The number of carbonyl (C=O) groups is 2. The van der Waals surface area contributed by atoms with Crippen LogP contribution >= 0.6 is 11.6 Å². The normalized spacial score (nSPS) is 17.8. The van der Waals surface area contributed by atoms with E-state index in [0.29, 0.717) is 34.4 Å². The average Bonchev–Trinajstić information content (AvgIpc) is 2.79. The molecule has 0 spiro atoms. The summed E-state index contributed by atoms with van der Waals surface area (Å²) in [7, 11) is 0. The van der Waals surface area contributed by atoms with E-state index in [1.807, 2.05) is 31.2 Å². The monoisotopic (exact) mass is 453 g/mol. The van der Waals surface area contributed by atoms with Gasteiger partial charge < -0.3 is 14.8 Å². The second kappa shape index (κ2) is 11.6. The molecule has 2 aromatic rings. The number of benzene rings is 2. The highest BCUT2D eigenvalue weighted by Gasteiger charge is 2.24. The van der Waals surface area contributed by atoms with Crippen LogP contribution in [0.4, 0.5) is 0 Å². The zero-order valence-electron chi connectivity index (χ0n) is 18.2. The van der Waals surface area contributed by atoms with E-state index in [4.69, 9.17) is 27.5 Å². The molecule has 0 aromatic heterocycles. The molecule has 1 fully saturated rings. The maximum atomic E-state index is 12.3. The molecule has 0 radical (unpaired) electrons. The van der Waals surface area contributed by atoms with Crippen molar-refractivity contribution in [1.29, 1.82) is 0 Å². The van der Waals surface area contributed by atoms with Gasteiger partial charge in [0, 0.05) is 18.0 Å². The Balaban J connectivity index is 1.33. The number of terminal acetylenes is 1. The molecule has 168 valence electrons. The fourth-order valence-corrected chi connectivity index (χ4v) is 3.99. The molecule has 6 heteroatoms. The number of carbonyl (C=O) groups excluding carboxylic acids is 2. The van der Waals surface area contributed by atoms with Crippen LogP contribution < -0.4 is 14.8 Å². The smallest absolute Gasteiger partial charge is 0.258 e. The Labute approximate surface area is 194 Å². The Morgan fingerprint density at radius 3 is 2.38 bits per heavy atom. The number of hydrogen-bond donors (Lipinski definition) is 1. The fraction of sp³-hybridized carbons (Fsp3) is 0.385. The number of ketones is 1. The number of Topliss-reactive ketones (excluding diaryl/α,β-unsaturated/α-hetero) is 1. The topological polar surface area (TPSA) is 64.6 Å². The first-order chi connectivity index (χ1) is 15.4. The van der Waals surface area contributed by atoms with Gasteiger partial charge in [-0.15, -0.1) is 6.42 Å². The molecule has 1 saturated carbocycles. The second-order valence-electron chi connectivity index (χ2n) is 8.20. The highest BCUT2D eigenvalue weighted by Crippen LogP contribution is 2.27. The summed E-state index contributed by atoms with van der Waals surface area (Å²) in [5.74, 6) is 3.98. The van der Waals surface area contributed by atoms with Crippen molar-refractivity contribution in [1.82, 2.24) is 5.32 Å². The number of amides is 1. The highest BCUT2D eigenvalue weighted by atomic mass is 35.5. The van der Waals surface area contributed by atoms with Crippen molar-refractivity contribution in [3.63, 3.8) is 0 Å². The third-order valence-electron chi connectivity index (χ3n) is 5.61. The van der Waals surface area contributed by atoms with Gasteiger partial charge in [-0.25, -0.2) is 0 Å². The Bertz CT molecular complexity index is 972. The van der Waals surface area contributed by atoms with Gasteiger partial charge in [0.15, 0.2) is 12.4 Å². The Morgan fingerprint density at radius 1 is 1.03 bits per heavy atom. The number of halogens is 1. The molecule has 0 unspecified atom stereocenters. The molecule has 1 N–H and O–H groups in total. The van der Waals surface area contributed by atoms with E-state index in [1.165, 1.54) is 0 Å². The first-order valence-corrected chi connectivity index (χ1v) is 11.2. The number of nitrogens with one attached hydrogen (secondary N) is 1. The Morgan fingerprint density at radius 2 is 1.69 bits per heavy atom. The SMILES string of the molecule is C#Cc1cc(OCC(=O)NC2CCC(CC(=O)COc3ccc(C)cc3)CC2)ccc1Cl. The Hall–Kier alpha value is -2.97. The van der Waals surface area contributed by atoms with Gasteiger partial charge in [0.25, 0.3) is 5.91 Å². The van der Waals surface area contributed by atoms with Crippen molar-refractivity contribution in [2.24, 2.45) is 5.92 Å². The van der Waals surface area contributed by atoms with E-state index in [-0.39, 0.29) is 30.9 Å². The van der Waals surface area contributed by atoms with Crippen molar-refractivity contribution in [3.8, 4) is 23.8 Å². The molecule has 1 aliphatic carbocycles. The molecule has 0 aliphatic heterocycles. The molecular formula is C26H28ClNO4. The zero-order valence-corrected chi connectivity index (χ0v) is 19.0. The van der Waals surface area contributed by atoms with Gasteiger partial charge in [0.1, 0.15) is 18.1 Å². The predicted octanol–water partition coefficient (Wildman–Crippen LogP) is 4.72. The summed E-state index contributed by atoms with van der Waals surface area (Å²) < 4.78 is 11.1. The zero-order chi connectivity index (χ0) is 22.9. The van der Waals surface area contributed by atoms with Gasteiger partial charge in [-0.3, -0.25) is 9.59 Å². The number of hydrogen-bond acceptors (Lipinski definition) is 4. The molecule has 3 rings (SSSR count). The third kappa shape index (κ3) is 7.32. The molecule has 5 nitrogen and oxygen atoms in total. The lowest BCUT2D eigenvalue weighted by Gasteiger charge is -2.28. The maximum absolute atomic E-state index is 12.3. The summed E-state index contributed by atoms with van der Waals surface area (Å²) in [6.07, 6.45) is 9.43. The maximum Gasteiger partial charge on any atom is 0.258 e. The van der Waals surface area contributed by atoms with Crippen LogP contribution in [0.2, 0.25) is 5.02 Å². The summed E-state index contributed by atoms with van der Waals surface area (Å²) in [6.45, 7) is 2.03. The van der Waals surface area contributed by atoms with Gasteiger partial charge in [-0.1, -0.05) is 35.2 Å². The molecule has 2 aromatic carbocycles. The van der Waals surface area contributed by atoms with Crippen LogP contribution in [0.15, 0.2) is 42.5 Å². The summed E-state index contributed by atoms with van der Waals surface area (Å²) in [6, 6.07) is 12.8. The van der Waals surface area contributed by atoms with Crippen LogP contribution in [0.3, 0.4) is 0 Å². The first-order valence-electron chi connectivity index (χ1n) is 10.8. The summed E-state index contributed by atoms with van der Waals surface area (Å²) >= 11 is 5.98. The molecule has 0 atom stereocenters. The quantitative estimate of drug-likeness (QED) is 0.558. The van der Waals surface area contributed by atoms with E-state index >= 15 is 0 Å². The van der Waals surface area contributed by atoms with Crippen molar-refractivity contribution < 1.29 is 19.1 Å². The molecule has 32 heavy (non-hydrogen) atoms. The van der Waals surface area contributed by atoms with Crippen LogP contribution in [0.25, 0.3) is 0 Å². The minimum Gasteiger partial charge on any atom is -0.486 e. The fourth-order valence-electron chi connectivity index (χ4n) is 3.81. The van der Waals surface area contributed by atoms with Crippen LogP contribution in [0.5, 0.6) is 11.5 Å². The van der Waals surface area contributed by atoms with Crippen molar-refractivity contribution >= 4 is 23.3 Å². The van der Waals surface area contributed by atoms with Crippen molar-refractivity contribution in [3.05, 3.63) is 58.6 Å². The number of ether oxygens (including phenoxy) is 2. The molecule has 0 heterocycles. The third-order valence-corrected chi connectivity index (χ3v) is 5.94. The van der Waals surface area contributed by atoms with Crippen LogP contribution in [0.1, 0.15) is 43.2 Å². The van der Waals surface area contributed by atoms with Gasteiger partial charge in [-0.05, 0) is 68.9 Å². The van der Waals surface area contributed by atoms with Gasteiger partial charge >= 0.3 is 0 Å². The molecule has 0 bridgehead atoms. The first kappa shape index (κ1) is 23.7. The standard InChI is InChI=1S/C26H28ClNO4/c1-3-20-15-24(12-13-25(20)27)32-17-26(30)28-21-8-6-19(7-9-21)14-22(29)16-31-23-10-4-18(2)5-11-23/h1,4-5,10-13,15,19,21H,6-9,14,16-17H2,2H3,(H,28,30). The highest BCUT2D eigenvalue weighted by molar-refractivity contribution is 6.31. The van der Waals surface area contributed by atoms with Crippen molar-refractivity contribution in [2.45, 2.75) is 45.1 Å². The molecule has 0 saturated heterocycles. The summed E-state index contributed by atoms with van der Waals surface area (Å²) in [5, 5.41) is 3.49. The van der Waals surface area contributed by atoms with E-state index in [0.717, 1.165) is 31.2 Å². The summed E-state index contributed by atoms with van der Waals surface area (Å²) in [5.41, 5.74) is 1.68. The van der Waals surface area contributed by atoms with Gasteiger partial charge in [0.2, 0.25) is 0 Å². The van der Waals surface area contributed by atoms with Crippen molar-refractivity contribution in [2.75, 3.05) is 13.2 Å². The largest absolute Gasteiger partial charge is 0.486 e. The van der Waals surface area contributed by atoms with Gasteiger partial charge in [-0.2, -0.15) is 0 Å². The minimum absolute atomic E-state index is 0.0829. The average molecular weight is 454 g/mol. The van der Waals surface area contributed by atoms with E-state index in [1.54, 1.807) is 18.2 Å². The molecular weight excluding hydrogens is 426 g/mol. The lowest BCUT2D eigenvalue weighted by molar-refractivity contribution is -0.125. The molecule has 1 aliphatic rings. The van der Waals surface area contributed by atoms with E-state index in [2.05, 4.69) is 11.2 Å². The summed E-state index contributed by atoms with van der Waals surface area (Å²) in [4.78, 5) is 24.5. The minimum atomic E-state index is -0.173. The van der Waals surface area contributed by atoms with Crippen LogP contribution in [-0.4, -0.2) is 30.9 Å². The van der Waals surface area contributed by atoms with Crippen LogP contribution in [0, 0.1) is 25.2 Å². The lowest BCUT2D eigenvalue weighted by Crippen LogP contribution is -2.40. The van der Waals surface area contributed by atoms with Gasteiger partial charge in [0.05, 0.1) is 5.02 Å². The van der Waals surface area contributed by atoms with E-state index in [9.17, 15) is 9.59 Å². The second-order valence-corrected chi connectivity index (χ2v) is 8.61. The van der Waals surface area contributed by atoms with E-state index < -0.39 is 0 Å². The number of aryl methyl sites for hydroxylation is 1. The Kier molecular flexibility index (Phi) is 8.58. The van der Waals surface area contributed by atoms with Crippen LogP contribution in [-0.2, 0) is 9.59 Å². The lowest BCUT2D eigenvalue weighted by atomic mass is 9.83. The number of rotatable bonds is 9. The predicted molar refractivity (Wildman–Crippen MR) is 125 cm³/mol. The molecule has 1 amide bonds.